The molecule has 1 saturated heterocycles. The van der Waals surface area contributed by atoms with Gasteiger partial charge in [-0.1, -0.05) is 6.07 Å². The third kappa shape index (κ3) is 2.45. The normalized spacial score (nSPS) is 22.0. The Hall–Kier alpha value is -2.83. The van der Waals surface area contributed by atoms with Gasteiger partial charge in [-0.25, -0.2) is 9.18 Å². The zero-order chi connectivity index (χ0) is 19.6. The van der Waals surface area contributed by atoms with Gasteiger partial charge in [-0.05, 0) is 49.8 Å². The summed E-state index contributed by atoms with van der Waals surface area (Å²) in [7, 11) is 0. The SMILES string of the molecule is NC1=C2CN(c3c(C(=O)O)c(=O)c4cccc(F)c4n3C3CC3)CC2CCC1. The van der Waals surface area contributed by atoms with Crippen molar-refractivity contribution in [2.75, 3.05) is 18.0 Å². The average molecular weight is 383 g/mol. The molecule has 0 spiro atoms. The average Bonchev–Trinajstić information content (AvgIpc) is 3.40. The lowest BCUT2D eigenvalue weighted by molar-refractivity contribution is 0.0695. The number of aromatic nitrogens is 1. The molecule has 28 heavy (non-hydrogen) atoms. The summed E-state index contributed by atoms with van der Waals surface area (Å²) in [4.78, 5) is 27.1. The predicted octanol–water partition coefficient (Wildman–Crippen LogP) is 3.01. The lowest BCUT2D eigenvalue weighted by Crippen LogP contribution is -2.31. The third-order valence-corrected chi connectivity index (χ3v) is 6.28. The van der Waals surface area contributed by atoms with Crippen LogP contribution in [0.25, 0.3) is 10.9 Å². The lowest BCUT2D eigenvalue weighted by Gasteiger charge is -2.27. The van der Waals surface area contributed by atoms with E-state index in [2.05, 4.69) is 0 Å². The van der Waals surface area contributed by atoms with E-state index in [-0.39, 0.29) is 28.4 Å². The Morgan fingerprint density at radius 2 is 2.04 bits per heavy atom. The number of pyridine rings is 1. The molecule has 0 radical (unpaired) electrons. The van der Waals surface area contributed by atoms with Gasteiger partial charge in [-0.15, -0.1) is 0 Å². The first-order chi connectivity index (χ1) is 13.5. The van der Waals surface area contributed by atoms with Crippen LogP contribution in [0, 0.1) is 11.7 Å². The maximum absolute atomic E-state index is 14.8. The van der Waals surface area contributed by atoms with Crippen molar-refractivity contribution in [2.24, 2.45) is 11.7 Å². The van der Waals surface area contributed by atoms with Crippen molar-refractivity contribution in [3.8, 4) is 0 Å². The Bertz CT molecular complexity index is 1100. The smallest absolute Gasteiger partial charge is 0.343 e. The number of aromatic carboxylic acids is 1. The van der Waals surface area contributed by atoms with Crippen molar-refractivity contribution < 1.29 is 14.3 Å². The highest BCUT2D eigenvalue weighted by molar-refractivity contribution is 5.99. The minimum atomic E-state index is -1.27. The Balaban J connectivity index is 1.81. The molecule has 1 atom stereocenters. The number of hydrogen-bond acceptors (Lipinski definition) is 4. The monoisotopic (exact) mass is 383 g/mol. The first kappa shape index (κ1) is 17.3. The highest BCUT2D eigenvalue weighted by Crippen LogP contribution is 2.44. The van der Waals surface area contributed by atoms with E-state index < -0.39 is 17.2 Å². The van der Waals surface area contributed by atoms with Gasteiger partial charge in [0, 0.05) is 36.1 Å². The molecule has 1 aliphatic heterocycles. The minimum absolute atomic E-state index is 0.0158. The maximum atomic E-state index is 14.8. The molecule has 146 valence electrons. The molecule has 2 heterocycles. The highest BCUT2D eigenvalue weighted by Gasteiger charge is 2.39. The van der Waals surface area contributed by atoms with Gasteiger partial charge in [0.05, 0.1) is 5.52 Å². The van der Waals surface area contributed by atoms with E-state index in [9.17, 15) is 19.1 Å². The molecule has 2 fully saturated rings. The number of halogens is 1. The van der Waals surface area contributed by atoms with Crippen molar-refractivity contribution in [3.63, 3.8) is 0 Å². The largest absolute Gasteiger partial charge is 0.477 e. The first-order valence-electron chi connectivity index (χ1n) is 9.79. The van der Waals surface area contributed by atoms with E-state index in [1.165, 1.54) is 18.2 Å². The van der Waals surface area contributed by atoms with Crippen LogP contribution in [0.5, 0.6) is 0 Å². The van der Waals surface area contributed by atoms with E-state index in [0.717, 1.165) is 43.4 Å². The van der Waals surface area contributed by atoms with Gasteiger partial charge in [-0.2, -0.15) is 0 Å². The van der Waals surface area contributed by atoms with E-state index in [1.807, 2.05) is 4.90 Å². The van der Waals surface area contributed by atoms with Crippen molar-refractivity contribution in [2.45, 2.75) is 38.1 Å². The Morgan fingerprint density at radius 1 is 1.25 bits per heavy atom. The summed E-state index contributed by atoms with van der Waals surface area (Å²) in [6, 6.07) is 4.31. The standard InChI is InChI=1S/C21H22FN3O3/c22-15-5-2-4-13-18(15)25(12-7-8-12)20(17(19(13)26)21(27)28)24-9-11-3-1-6-16(23)14(11)10-24/h2,4-5,11-12H,1,3,6-10,23H2,(H,27,28). The van der Waals surface area contributed by atoms with Crippen molar-refractivity contribution in [1.82, 2.24) is 4.57 Å². The number of nitrogens with two attached hydrogens (primary N) is 1. The summed E-state index contributed by atoms with van der Waals surface area (Å²) in [6.07, 6.45) is 4.57. The van der Waals surface area contributed by atoms with E-state index in [1.54, 1.807) is 4.57 Å². The number of anilines is 1. The lowest BCUT2D eigenvalue weighted by atomic mass is 9.88. The second-order valence-corrected chi connectivity index (χ2v) is 8.09. The quantitative estimate of drug-likeness (QED) is 0.851. The van der Waals surface area contributed by atoms with E-state index >= 15 is 0 Å². The number of fused-ring (bicyclic) bond motifs is 2. The Morgan fingerprint density at radius 3 is 2.71 bits per heavy atom. The Kier molecular flexibility index (Phi) is 3.76. The Labute approximate surface area is 161 Å². The van der Waals surface area contributed by atoms with Crippen molar-refractivity contribution >= 4 is 22.7 Å². The fraction of sp³-hybridized carbons (Fsp3) is 0.429. The highest BCUT2D eigenvalue weighted by atomic mass is 19.1. The molecular weight excluding hydrogens is 361 g/mol. The molecule has 1 aromatic heterocycles. The molecule has 1 saturated carbocycles. The van der Waals surface area contributed by atoms with Gasteiger partial charge in [0.25, 0.3) is 0 Å². The van der Waals surface area contributed by atoms with Crippen LogP contribution >= 0.6 is 0 Å². The number of para-hydroxylation sites is 1. The fourth-order valence-electron chi connectivity index (χ4n) is 4.86. The zero-order valence-corrected chi connectivity index (χ0v) is 15.4. The minimum Gasteiger partial charge on any atom is -0.477 e. The molecular formula is C21H22FN3O3. The van der Waals surface area contributed by atoms with Crippen LogP contribution in [0.3, 0.4) is 0 Å². The molecule has 7 heteroatoms. The number of hydrogen-bond donors (Lipinski definition) is 2. The van der Waals surface area contributed by atoms with Gasteiger partial charge < -0.3 is 20.3 Å². The number of allylic oxidation sites excluding steroid dienone is 1. The van der Waals surface area contributed by atoms with Crippen LogP contribution in [0.1, 0.15) is 48.5 Å². The number of carboxylic acids is 1. The van der Waals surface area contributed by atoms with E-state index in [4.69, 9.17) is 5.73 Å². The molecule has 0 bridgehead atoms. The predicted molar refractivity (Wildman–Crippen MR) is 104 cm³/mol. The van der Waals surface area contributed by atoms with Crippen LogP contribution in [-0.4, -0.2) is 28.7 Å². The summed E-state index contributed by atoms with van der Waals surface area (Å²) in [5.74, 6) is -1.14. The third-order valence-electron chi connectivity index (χ3n) is 6.28. The molecule has 2 aromatic rings. The van der Waals surface area contributed by atoms with Gasteiger partial charge in [0.1, 0.15) is 17.2 Å². The van der Waals surface area contributed by atoms with Crippen LogP contribution in [0.4, 0.5) is 10.2 Å². The number of benzene rings is 1. The molecule has 1 aromatic carbocycles. The maximum Gasteiger partial charge on any atom is 0.343 e. The number of carboxylic acid groups (broad SMARTS) is 1. The van der Waals surface area contributed by atoms with Crippen molar-refractivity contribution in [3.05, 3.63) is 51.1 Å². The van der Waals surface area contributed by atoms with E-state index in [0.29, 0.717) is 18.9 Å². The zero-order valence-electron chi connectivity index (χ0n) is 15.4. The van der Waals surface area contributed by atoms with Crippen LogP contribution < -0.4 is 16.1 Å². The number of carbonyl (C=O) groups is 1. The van der Waals surface area contributed by atoms with Gasteiger partial charge in [0.15, 0.2) is 0 Å². The molecule has 2 aliphatic carbocycles. The summed E-state index contributed by atoms with van der Waals surface area (Å²) < 4.78 is 16.6. The van der Waals surface area contributed by atoms with Gasteiger partial charge >= 0.3 is 5.97 Å². The van der Waals surface area contributed by atoms with Crippen molar-refractivity contribution in [1.29, 1.82) is 0 Å². The number of rotatable bonds is 3. The second-order valence-electron chi connectivity index (χ2n) is 8.09. The summed E-state index contributed by atoms with van der Waals surface area (Å²) in [5, 5.41) is 10.0. The molecule has 6 nitrogen and oxygen atoms in total. The molecule has 5 rings (SSSR count). The topological polar surface area (TPSA) is 88.6 Å². The van der Waals surface area contributed by atoms with Crippen LogP contribution in [0.2, 0.25) is 0 Å². The summed E-state index contributed by atoms with van der Waals surface area (Å²) in [6.45, 7) is 1.12. The summed E-state index contributed by atoms with van der Waals surface area (Å²) in [5.41, 5.74) is 7.58. The van der Waals surface area contributed by atoms with Gasteiger partial charge in [0.2, 0.25) is 5.43 Å². The van der Waals surface area contributed by atoms with Gasteiger partial charge in [-0.3, -0.25) is 4.79 Å². The molecule has 0 amide bonds. The van der Waals surface area contributed by atoms with Crippen LogP contribution in [-0.2, 0) is 0 Å². The second kappa shape index (κ2) is 6.09. The molecule has 1 unspecified atom stereocenters. The number of nitrogens with zero attached hydrogens (tertiary/aromatic N) is 2. The fourth-order valence-corrected chi connectivity index (χ4v) is 4.86. The first-order valence-corrected chi connectivity index (χ1v) is 9.79. The molecule has 3 aliphatic rings. The van der Waals surface area contributed by atoms with Crippen LogP contribution in [0.15, 0.2) is 34.3 Å². The summed E-state index contributed by atoms with van der Waals surface area (Å²) >= 11 is 0. The molecule has 3 N–H and O–H groups in total.